The second-order valence-electron chi connectivity index (χ2n) is 10.5. The summed E-state index contributed by atoms with van der Waals surface area (Å²) in [5.74, 6) is 1.96. The first-order valence-corrected chi connectivity index (χ1v) is 11.9. The molecule has 2 atom stereocenters. The van der Waals surface area contributed by atoms with Gasteiger partial charge in [-0.2, -0.15) is 4.89 Å². The molecule has 3 heteroatoms. The quantitative estimate of drug-likeness (QED) is 0.531. The van der Waals surface area contributed by atoms with Crippen LogP contribution in [0.4, 0.5) is 0 Å². The minimum atomic E-state index is -0.604. The predicted octanol–water partition coefficient (Wildman–Crippen LogP) is 6.56. The van der Waals surface area contributed by atoms with Gasteiger partial charge in [0.25, 0.3) is 0 Å². The fourth-order valence-corrected chi connectivity index (χ4v) is 6.80. The molecule has 3 nitrogen and oxygen atoms in total. The van der Waals surface area contributed by atoms with E-state index in [0.29, 0.717) is 11.8 Å². The smallest absolute Gasteiger partial charge is 0.208 e. The number of hydrogen-bond donors (Lipinski definition) is 0. The lowest BCUT2D eigenvalue weighted by Gasteiger charge is -2.61. The van der Waals surface area contributed by atoms with Crippen LogP contribution in [-0.2, 0) is 14.5 Å². The normalized spacial score (nSPS) is 38.5. The molecule has 0 N–H and O–H groups in total. The molecule has 4 saturated carbocycles. The summed E-state index contributed by atoms with van der Waals surface area (Å²) in [7, 11) is 0. The summed E-state index contributed by atoms with van der Waals surface area (Å²) in [6, 6.07) is 17.1. The Hall–Kier alpha value is -1.94. The first kappa shape index (κ1) is 19.7. The summed E-state index contributed by atoms with van der Waals surface area (Å²) in [6.07, 6.45) is 5.65. The summed E-state index contributed by atoms with van der Waals surface area (Å²) in [5, 5.41) is 0. The molecule has 7 rings (SSSR count). The molecule has 4 aliphatic carbocycles. The summed E-state index contributed by atoms with van der Waals surface area (Å²) in [6.45, 7) is 8.63. The van der Waals surface area contributed by atoms with Gasteiger partial charge in [-0.1, -0.05) is 66.2 Å². The Morgan fingerprint density at radius 2 is 1.35 bits per heavy atom. The van der Waals surface area contributed by atoms with E-state index in [0.717, 1.165) is 28.5 Å². The fourth-order valence-electron chi connectivity index (χ4n) is 6.80. The van der Waals surface area contributed by atoms with Crippen molar-refractivity contribution in [3.05, 3.63) is 77.4 Å². The van der Waals surface area contributed by atoms with Gasteiger partial charge >= 0.3 is 0 Å². The fraction of sp³-hybridized carbons (Fsp3) is 0.500. The maximum Gasteiger partial charge on any atom is 0.208 e. The van der Waals surface area contributed by atoms with Crippen molar-refractivity contribution in [1.29, 1.82) is 0 Å². The zero-order valence-electron chi connectivity index (χ0n) is 18.6. The molecule has 31 heavy (non-hydrogen) atoms. The molecule has 0 amide bonds. The maximum absolute atomic E-state index is 7.05. The molecule has 2 aromatic rings. The van der Waals surface area contributed by atoms with Crippen LogP contribution < -0.4 is 0 Å². The number of aryl methyl sites for hydroxylation is 2. The average molecular weight is 417 g/mol. The summed E-state index contributed by atoms with van der Waals surface area (Å²) in [4.78, 5) is 12.6. The standard InChI is InChI=1S/C28H32O3/c1-17-4-8-22(9-5-17)19(3)26-27(23-10-6-18(2)7-11-23)29-28(31-30-26)24-13-20-12-21(15-24)16-25(28)14-20/h4-11,20-21,24-27H,3,12-16H2,1-2H3/t20?,21?,24?,25?,26-,27-,28?/m1/s1. The third-order valence-electron chi connectivity index (χ3n) is 8.32. The van der Waals surface area contributed by atoms with Gasteiger partial charge in [0.15, 0.2) is 0 Å². The van der Waals surface area contributed by atoms with Crippen molar-refractivity contribution in [1.82, 2.24) is 0 Å². The monoisotopic (exact) mass is 416 g/mol. The average Bonchev–Trinajstić information content (AvgIpc) is 2.77. The van der Waals surface area contributed by atoms with Crippen molar-refractivity contribution >= 4 is 5.57 Å². The highest BCUT2D eigenvalue weighted by atomic mass is 17.2. The lowest BCUT2D eigenvalue weighted by atomic mass is 9.53. The molecule has 1 heterocycles. The second kappa shape index (κ2) is 7.30. The Morgan fingerprint density at radius 3 is 1.94 bits per heavy atom. The van der Waals surface area contributed by atoms with E-state index in [1.165, 1.54) is 43.2 Å². The minimum absolute atomic E-state index is 0.222. The molecular weight excluding hydrogens is 384 g/mol. The second-order valence-corrected chi connectivity index (χ2v) is 10.5. The van der Waals surface area contributed by atoms with E-state index in [4.69, 9.17) is 14.5 Å². The van der Waals surface area contributed by atoms with Crippen LogP contribution in [0.2, 0.25) is 0 Å². The molecule has 1 saturated heterocycles. The Kier molecular flexibility index (Phi) is 4.64. The van der Waals surface area contributed by atoms with Crippen molar-refractivity contribution in [2.45, 2.75) is 63.9 Å². The molecule has 0 aromatic heterocycles. The van der Waals surface area contributed by atoms with Gasteiger partial charge in [0.05, 0.1) is 0 Å². The van der Waals surface area contributed by atoms with E-state index in [2.05, 4.69) is 69.0 Å². The molecule has 4 bridgehead atoms. The highest BCUT2D eigenvalue weighted by molar-refractivity contribution is 5.68. The zero-order valence-corrected chi connectivity index (χ0v) is 18.6. The third kappa shape index (κ3) is 3.21. The number of hydrogen-bond acceptors (Lipinski definition) is 3. The molecule has 1 spiro atoms. The third-order valence-corrected chi connectivity index (χ3v) is 8.32. The van der Waals surface area contributed by atoms with Crippen molar-refractivity contribution in [2.24, 2.45) is 23.7 Å². The van der Waals surface area contributed by atoms with E-state index >= 15 is 0 Å². The van der Waals surface area contributed by atoms with E-state index in [1.807, 2.05) is 0 Å². The van der Waals surface area contributed by atoms with Crippen LogP contribution in [0.1, 0.15) is 60.5 Å². The van der Waals surface area contributed by atoms with Gasteiger partial charge in [0.1, 0.15) is 12.2 Å². The van der Waals surface area contributed by atoms with Gasteiger partial charge in [0, 0.05) is 11.8 Å². The molecule has 5 aliphatic rings. The largest absolute Gasteiger partial charge is 0.335 e. The molecule has 1 aliphatic heterocycles. The van der Waals surface area contributed by atoms with Crippen LogP contribution in [0.15, 0.2) is 55.1 Å². The molecular formula is C28H32O3. The highest BCUT2D eigenvalue weighted by Crippen LogP contribution is 2.62. The van der Waals surface area contributed by atoms with Crippen molar-refractivity contribution < 1.29 is 14.5 Å². The van der Waals surface area contributed by atoms with Gasteiger partial charge < -0.3 is 4.74 Å². The topological polar surface area (TPSA) is 27.7 Å². The Morgan fingerprint density at radius 1 is 0.806 bits per heavy atom. The Balaban J connectivity index is 1.36. The van der Waals surface area contributed by atoms with Crippen molar-refractivity contribution in [2.75, 3.05) is 0 Å². The van der Waals surface area contributed by atoms with Gasteiger partial charge in [-0.3, -0.25) is 0 Å². The predicted molar refractivity (Wildman–Crippen MR) is 121 cm³/mol. The number of benzene rings is 2. The van der Waals surface area contributed by atoms with Gasteiger partial charge in [-0.25, -0.2) is 4.89 Å². The van der Waals surface area contributed by atoms with E-state index < -0.39 is 5.79 Å². The summed E-state index contributed by atoms with van der Waals surface area (Å²) >= 11 is 0. The van der Waals surface area contributed by atoms with Crippen LogP contribution >= 0.6 is 0 Å². The lowest BCUT2D eigenvalue weighted by molar-refractivity contribution is -0.533. The zero-order chi connectivity index (χ0) is 21.2. The number of rotatable bonds is 3. The minimum Gasteiger partial charge on any atom is -0.335 e. The Labute approximate surface area is 185 Å². The maximum atomic E-state index is 7.05. The molecule has 5 fully saturated rings. The van der Waals surface area contributed by atoms with Gasteiger partial charge in [0.2, 0.25) is 5.79 Å². The SMILES string of the molecule is C=C(c1ccc(C)cc1)[C@H]1OOC2(O[C@@H]1c1ccc(C)cc1)C1CC3CC(C1)CC2C3. The molecule has 2 aromatic carbocycles. The van der Waals surface area contributed by atoms with Gasteiger partial charge in [-0.15, -0.1) is 0 Å². The first-order valence-electron chi connectivity index (χ1n) is 11.9. The van der Waals surface area contributed by atoms with Crippen molar-refractivity contribution in [3.63, 3.8) is 0 Å². The van der Waals surface area contributed by atoms with Gasteiger partial charge in [-0.05, 0) is 74.5 Å². The van der Waals surface area contributed by atoms with Crippen LogP contribution in [0.25, 0.3) is 5.57 Å². The van der Waals surface area contributed by atoms with Crippen LogP contribution in [0.3, 0.4) is 0 Å². The van der Waals surface area contributed by atoms with Crippen LogP contribution in [-0.4, -0.2) is 11.9 Å². The molecule has 0 radical (unpaired) electrons. The van der Waals surface area contributed by atoms with E-state index in [-0.39, 0.29) is 12.2 Å². The van der Waals surface area contributed by atoms with Crippen LogP contribution in [0.5, 0.6) is 0 Å². The highest BCUT2D eigenvalue weighted by Gasteiger charge is 2.63. The first-order chi connectivity index (χ1) is 15.0. The lowest BCUT2D eigenvalue weighted by Crippen LogP contribution is -2.63. The van der Waals surface area contributed by atoms with Crippen LogP contribution in [0, 0.1) is 37.5 Å². The Bertz CT molecular complexity index is 946. The number of ether oxygens (including phenoxy) is 1. The molecule has 0 unspecified atom stereocenters. The summed E-state index contributed by atoms with van der Waals surface area (Å²) in [5.41, 5.74) is 5.59. The van der Waals surface area contributed by atoms with E-state index in [9.17, 15) is 0 Å². The van der Waals surface area contributed by atoms with E-state index in [1.54, 1.807) is 0 Å². The molecule has 162 valence electrons. The summed E-state index contributed by atoms with van der Waals surface area (Å²) < 4.78 is 7.05. The van der Waals surface area contributed by atoms with Crippen molar-refractivity contribution in [3.8, 4) is 0 Å².